The number of hydrogen-bond acceptors (Lipinski definition) is 7. The Bertz CT molecular complexity index is 595. The second-order valence-corrected chi connectivity index (χ2v) is 5.48. The molecular weight excluding hydrogens is 310 g/mol. The molecule has 0 unspecified atom stereocenters. The van der Waals surface area contributed by atoms with Gasteiger partial charge >= 0.3 is 5.97 Å². The van der Waals surface area contributed by atoms with E-state index in [0.29, 0.717) is 23.0 Å². The lowest BCUT2D eigenvalue weighted by Gasteiger charge is -2.01. The van der Waals surface area contributed by atoms with Gasteiger partial charge in [-0.1, -0.05) is 19.6 Å². The van der Waals surface area contributed by atoms with Crippen LogP contribution >= 0.6 is 23.1 Å². The molecule has 112 valence electrons. The molecule has 0 fully saturated rings. The average Bonchev–Trinajstić information content (AvgIpc) is 2.95. The molecule has 0 N–H and O–H groups in total. The molecule has 1 heterocycles. The fourth-order valence-corrected chi connectivity index (χ4v) is 3.12. The predicted octanol–water partition coefficient (Wildman–Crippen LogP) is 3.39. The number of carbonyl (C=O) groups is 2. The molecule has 0 saturated carbocycles. The van der Waals surface area contributed by atoms with Gasteiger partial charge in [0.1, 0.15) is 10.8 Å². The van der Waals surface area contributed by atoms with E-state index in [2.05, 4.69) is 9.72 Å². The number of esters is 1. The number of ether oxygens (including phenoxy) is 2. The maximum Gasteiger partial charge on any atom is 0.367 e. The molecular formula is C14H15NO4S2. The Kier molecular flexibility index (Phi) is 6.90. The Morgan fingerprint density at radius 3 is 2.71 bits per heavy atom. The average molecular weight is 325 g/mol. The summed E-state index contributed by atoms with van der Waals surface area (Å²) in [6.07, 6.45) is 0. The number of hydrogen-bond donors (Lipinski definition) is 0. The van der Waals surface area contributed by atoms with Crippen LogP contribution in [0.3, 0.4) is 0 Å². The van der Waals surface area contributed by atoms with Gasteiger partial charge in [0, 0.05) is 11.1 Å². The van der Waals surface area contributed by atoms with E-state index >= 15 is 0 Å². The van der Waals surface area contributed by atoms with Gasteiger partial charge in [-0.05, 0) is 17.7 Å². The number of benzene rings is 1. The summed E-state index contributed by atoms with van der Waals surface area (Å²) >= 11 is 2.78. The van der Waals surface area contributed by atoms with E-state index in [0.717, 1.165) is 10.6 Å². The first kappa shape index (κ1) is 17.2. The van der Waals surface area contributed by atoms with Gasteiger partial charge in [-0.15, -0.1) is 23.1 Å². The molecule has 0 aliphatic carbocycles. The zero-order chi connectivity index (χ0) is 14.4. The van der Waals surface area contributed by atoms with Crippen LogP contribution in [0.15, 0.2) is 34.7 Å². The highest BCUT2D eigenvalue weighted by atomic mass is 32.2. The highest BCUT2D eigenvalue weighted by Gasteiger charge is 2.11. The summed E-state index contributed by atoms with van der Waals surface area (Å²) in [5.41, 5.74) is 1.07. The topological polar surface area (TPSA) is 65.5 Å². The number of methoxy groups -OCH3 is 1. The lowest BCUT2D eigenvalue weighted by atomic mass is 10.2. The van der Waals surface area contributed by atoms with Crippen LogP contribution in [0.5, 0.6) is 5.75 Å². The molecule has 1 aromatic carbocycles. The minimum absolute atomic E-state index is 0. The van der Waals surface area contributed by atoms with Crippen molar-refractivity contribution < 1.29 is 19.1 Å². The largest absolute Gasteiger partial charge is 0.464 e. The number of nitrogens with zero attached hydrogens (tertiary/aromatic N) is 1. The molecule has 0 aliphatic heterocycles. The Morgan fingerprint density at radius 1 is 1.38 bits per heavy atom. The molecule has 1 aromatic heterocycles. The van der Waals surface area contributed by atoms with Crippen LogP contribution < -0.4 is 4.74 Å². The zero-order valence-electron chi connectivity index (χ0n) is 10.6. The molecule has 0 amide bonds. The van der Waals surface area contributed by atoms with Crippen LogP contribution in [0.1, 0.15) is 22.8 Å². The molecule has 21 heavy (non-hydrogen) atoms. The van der Waals surface area contributed by atoms with Gasteiger partial charge in [0.2, 0.25) is 5.01 Å². The first-order valence-electron chi connectivity index (χ1n) is 5.59. The monoisotopic (exact) mass is 325 g/mol. The molecule has 0 aliphatic rings. The highest BCUT2D eigenvalue weighted by molar-refractivity contribution is 7.98. The summed E-state index contributed by atoms with van der Waals surface area (Å²) in [6, 6.07) is 7.20. The van der Waals surface area contributed by atoms with Gasteiger partial charge in [-0.2, -0.15) is 0 Å². The summed E-state index contributed by atoms with van der Waals surface area (Å²) in [7, 11) is 1.33. The first-order valence-corrected chi connectivity index (χ1v) is 7.45. The number of aromatic nitrogens is 1. The maximum atomic E-state index is 11.3. The quantitative estimate of drug-likeness (QED) is 0.461. The van der Waals surface area contributed by atoms with E-state index in [-0.39, 0.29) is 7.43 Å². The van der Waals surface area contributed by atoms with E-state index < -0.39 is 5.97 Å². The number of thioether (sulfide) groups is 1. The normalized spacial score (nSPS) is 9.57. The van der Waals surface area contributed by atoms with Gasteiger partial charge in [0.05, 0.1) is 7.11 Å². The lowest BCUT2D eigenvalue weighted by molar-refractivity contribution is -0.120. The van der Waals surface area contributed by atoms with Crippen molar-refractivity contribution in [1.29, 1.82) is 0 Å². The summed E-state index contributed by atoms with van der Waals surface area (Å²) in [4.78, 5) is 25.6. The molecule has 0 spiro atoms. The van der Waals surface area contributed by atoms with Gasteiger partial charge < -0.3 is 9.47 Å². The number of thiazole rings is 1. The third-order valence-corrected chi connectivity index (χ3v) is 4.29. The predicted molar refractivity (Wildman–Crippen MR) is 82.9 cm³/mol. The third kappa shape index (κ3) is 4.87. The summed E-state index contributed by atoms with van der Waals surface area (Å²) in [6.45, 7) is 0.396. The van der Waals surface area contributed by atoms with E-state index in [1.165, 1.54) is 30.2 Å². The van der Waals surface area contributed by atoms with Gasteiger partial charge in [-0.3, -0.25) is 4.79 Å². The van der Waals surface area contributed by atoms with E-state index in [9.17, 15) is 9.59 Å². The van der Waals surface area contributed by atoms with Crippen molar-refractivity contribution in [2.24, 2.45) is 0 Å². The van der Waals surface area contributed by atoms with Gasteiger partial charge in [0.15, 0.2) is 0 Å². The van der Waals surface area contributed by atoms with Crippen molar-refractivity contribution in [3.8, 4) is 5.75 Å². The van der Waals surface area contributed by atoms with Crippen LogP contribution in [-0.2, 0) is 15.3 Å². The fraction of sp³-hybridized carbons (Fsp3) is 0.214. The molecule has 2 rings (SSSR count). The molecule has 2 aromatic rings. The second-order valence-electron chi connectivity index (χ2n) is 3.63. The van der Waals surface area contributed by atoms with Crippen LogP contribution in [0.25, 0.3) is 0 Å². The smallest absolute Gasteiger partial charge is 0.367 e. The van der Waals surface area contributed by atoms with Crippen molar-refractivity contribution in [3.63, 3.8) is 0 Å². The summed E-state index contributed by atoms with van der Waals surface area (Å²) in [5.74, 6) is 0.804. The van der Waals surface area contributed by atoms with Crippen LogP contribution in [0.4, 0.5) is 0 Å². The number of carbonyl (C=O) groups excluding carboxylic acids is 2. The molecule has 0 atom stereocenters. The van der Waals surface area contributed by atoms with Gasteiger partial charge in [-0.25, -0.2) is 9.78 Å². The van der Waals surface area contributed by atoms with E-state index in [1.54, 1.807) is 12.1 Å². The molecule has 0 saturated heterocycles. The molecule has 0 radical (unpaired) electrons. The van der Waals surface area contributed by atoms with Crippen LogP contribution in [0.2, 0.25) is 0 Å². The van der Waals surface area contributed by atoms with Crippen molar-refractivity contribution in [1.82, 2.24) is 4.98 Å². The van der Waals surface area contributed by atoms with Gasteiger partial charge in [0.25, 0.3) is 6.47 Å². The fourth-order valence-electron chi connectivity index (χ4n) is 1.38. The Morgan fingerprint density at radius 2 is 2.10 bits per heavy atom. The SMILES string of the molecule is C.COC(=O)c1nc(SCc2ccc(OC=O)cc2)cs1. The lowest BCUT2D eigenvalue weighted by Crippen LogP contribution is -1.99. The van der Waals surface area contributed by atoms with Crippen LogP contribution in [0, 0.1) is 0 Å². The first-order chi connectivity index (χ1) is 9.72. The molecule has 7 heteroatoms. The number of rotatable bonds is 6. The van der Waals surface area contributed by atoms with Crippen LogP contribution in [-0.4, -0.2) is 24.5 Å². The van der Waals surface area contributed by atoms with Crippen molar-refractivity contribution in [2.75, 3.05) is 7.11 Å². The molecule has 5 nitrogen and oxygen atoms in total. The zero-order valence-corrected chi connectivity index (χ0v) is 12.2. The second kappa shape index (κ2) is 8.43. The van der Waals surface area contributed by atoms with E-state index in [1.807, 2.05) is 17.5 Å². The third-order valence-electron chi connectivity index (χ3n) is 2.34. The Hall–Kier alpha value is -1.86. The van der Waals surface area contributed by atoms with E-state index in [4.69, 9.17) is 4.74 Å². The Balaban J connectivity index is 0.00000220. The van der Waals surface area contributed by atoms with Crippen molar-refractivity contribution >= 4 is 35.5 Å². The summed E-state index contributed by atoms with van der Waals surface area (Å²) in [5, 5.41) is 2.95. The Labute approximate surface area is 131 Å². The van der Waals surface area contributed by atoms with Crippen molar-refractivity contribution in [3.05, 3.63) is 40.2 Å². The standard InChI is InChI=1S/C13H11NO4S2.CH4/c1-17-13(16)12-14-11(7-20-12)19-6-9-2-4-10(5-3-9)18-8-15;/h2-5,7-8H,6H2,1H3;1H4. The summed E-state index contributed by atoms with van der Waals surface area (Å²) < 4.78 is 9.32. The highest BCUT2D eigenvalue weighted by Crippen LogP contribution is 2.25. The molecule has 0 bridgehead atoms. The maximum absolute atomic E-state index is 11.3. The van der Waals surface area contributed by atoms with Crippen molar-refractivity contribution in [2.45, 2.75) is 18.2 Å². The minimum atomic E-state index is -0.419. The minimum Gasteiger partial charge on any atom is -0.464 e.